The molecule has 1 aromatic rings. The minimum absolute atomic E-state index is 0.424. The third kappa shape index (κ3) is 3.15. The molecule has 0 aromatic heterocycles. The van der Waals surface area contributed by atoms with Crippen LogP contribution in [-0.2, 0) is 9.59 Å². The maximum absolute atomic E-state index is 11.7. The van der Waals surface area contributed by atoms with E-state index >= 15 is 0 Å². The van der Waals surface area contributed by atoms with Gasteiger partial charge in [0.05, 0.1) is 10.7 Å². The van der Waals surface area contributed by atoms with Crippen molar-refractivity contribution in [3.63, 3.8) is 0 Å². The summed E-state index contributed by atoms with van der Waals surface area (Å²) in [4.78, 5) is 22.9. The van der Waals surface area contributed by atoms with E-state index < -0.39 is 17.7 Å². The van der Waals surface area contributed by atoms with Crippen LogP contribution in [-0.4, -0.2) is 23.7 Å². The van der Waals surface area contributed by atoms with Crippen LogP contribution in [0.1, 0.15) is 12.5 Å². The van der Waals surface area contributed by atoms with Crippen LogP contribution in [0.3, 0.4) is 0 Å². The first-order chi connectivity index (χ1) is 9.49. The van der Waals surface area contributed by atoms with E-state index in [-0.39, 0.29) is 0 Å². The van der Waals surface area contributed by atoms with Crippen LogP contribution in [0.25, 0.3) is 0 Å². The first kappa shape index (κ1) is 14.5. The van der Waals surface area contributed by atoms with Gasteiger partial charge in [0.2, 0.25) is 0 Å². The molecule has 1 atom stereocenters. The van der Waals surface area contributed by atoms with E-state index in [0.717, 1.165) is 0 Å². The molecule has 0 fully saturated rings. The number of halogens is 2. The first-order valence-corrected chi connectivity index (χ1v) is 6.37. The molecule has 0 saturated carbocycles. The molecule has 0 bridgehead atoms. The van der Waals surface area contributed by atoms with Crippen LogP contribution < -0.4 is 10.9 Å². The van der Waals surface area contributed by atoms with E-state index in [2.05, 4.69) is 21.1 Å². The van der Waals surface area contributed by atoms with Gasteiger partial charge in [0.1, 0.15) is 0 Å². The van der Waals surface area contributed by atoms with Crippen molar-refractivity contribution in [2.75, 3.05) is 0 Å². The molecule has 20 heavy (non-hydrogen) atoms. The Morgan fingerprint density at radius 2 is 2.20 bits per heavy atom. The Morgan fingerprint density at radius 1 is 1.45 bits per heavy atom. The summed E-state index contributed by atoms with van der Waals surface area (Å²) in [5.74, 6) is -2.01. The highest BCUT2D eigenvalue weighted by Crippen LogP contribution is 2.21. The molecule has 104 valence electrons. The number of nitrogens with zero attached hydrogens (tertiary/aromatic N) is 2. The van der Waals surface area contributed by atoms with Gasteiger partial charge in [0, 0.05) is 16.8 Å². The molecule has 0 saturated heterocycles. The number of carbonyl (C=O) groups is 2. The van der Waals surface area contributed by atoms with E-state index in [9.17, 15) is 9.59 Å². The van der Waals surface area contributed by atoms with Crippen LogP contribution in [0, 0.1) is 5.92 Å². The molecule has 0 spiro atoms. The summed E-state index contributed by atoms with van der Waals surface area (Å²) in [5.41, 5.74) is 5.61. The van der Waals surface area contributed by atoms with E-state index in [1.54, 1.807) is 25.1 Å². The average molecular weight is 313 g/mol. The van der Waals surface area contributed by atoms with Crippen molar-refractivity contribution in [1.82, 2.24) is 10.9 Å². The van der Waals surface area contributed by atoms with Gasteiger partial charge in [-0.25, -0.2) is 10.9 Å². The quantitative estimate of drug-likeness (QED) is 0.504. The molecule has 0 aliphatic carbocycles. The number of hydrogen-bond acceptors (Lipinski definition) is 4. The molecule has 1 aliphatic heterocycles. The Labute approximate surface area is 124 Å². The van der Waals surface area contributed by atoms with E-state index in [0.29, 0.717) is 21.3 Å². The number of nitrogens with one attached hydrogen (secondary N) is 2. The van der Waals surface area contributed by atoms with Gasteiger partial charge in [-0.05, 0) is 19.1 Å². The largest absolute Gasteiger partial charge is 0.272 e. The van der Waals surface area contributed by atoms with Gasteiger partial charge in [-0.15, -0.1) is 0 Å². The molecule has 8 heteroatoms. The van der Waals surface area contributed by atoms with Crippen molar-refractivity contribution in [3.05, 3.63) is 33.8 Å². The first-order valence-electron chi connectivity index (χ1n) is 5.61. The number of carbonyl (C=O) groups excluding carboxylic acids is 2. The second kappa shape index (κ2) is 6.02. The van der Waals surface area contributed by atoms with E-state index in [1.807, 2.05) is 0 Å². The van der Waals surface area contributed by atoms with Gasteiger partial charge in [-0.3, -0.25) is 9.59 Å². The number of amides is 2. The van der Waals surface area contributed by atoms with Crippen LogP contribution in [0.2, 0.25) is 10.0 Å². The van der Waals surface area contributed by atoms with Gasteiger partial charge in [0.25, 0.3) is 11.8 Å². The molecule has 1 aliphatic rings. The Morgan fingerprint density at radius 3 is 2.80 bits per heavy atom. The Bertz CT molecular complexity index is 628. The molecular weight excluding hydrogens is 303 g/mol. The highest BCUT2D eigenvalue weighted by atomic mass is 35.5. The summed E-state index contributed by atoms with van der Waals surface area (Å²) >= 11 is 11.8. The van der Waals surface area contributed by atoms with Crippen molar-refractivity contribution in [2.24, 2.45) is 16.1 Å². The summed E-state index contributed by atoms with van der Waals surface area (Å²) in [6.07, 6.45) is 1.22. The van der Waals surface area contributed by atoms with Crippen LogP contribution in [0.15, 0.2) is 28.4 Å². The zero-order valence-electron chi connectivity index (χ0n) is 10.4. The maximum atomic E-state index is 11.7. The number of hydrazone groups is 2. The fraction of sp³-hybridized carbons (Fsp3) is 0.167. The van der Waals surface area contributed by atoms with E-state index in [1.165, 1.54) is 6.21 Å². The minimum atomic E-state index is -0.966. The highest BCUT2D eigenvalue weighted by molar-refractivity contribution is 6.37. The summed E-state index contributed by atoms with van der Waals surface area (Å²) in [6.45, 7) is 1.68. The topological polar surface area (TPSA) is 82.9 Å². The van der Waals surface area contributed by atoms with Gasteiger partial charge in [-0.2, -0.15) is 10.2 Å². The molecule has 1 heterocycles. The molecule has 6 nitrogen and oxygen atoms in total. The molecular formula is C12H10Cl2N4O2. The van der Waals surface area contributed by atoms with Crippen molar-refractivity contribution in [3.8, 4) is 0 Å². The normalized spacial score (nSPS) is 18.1. The maximum Gasteiger partial charge on any atom is 0.258 e. The monoisotopic (exact) mass is 312 g/mol. The summed E-state index contributed by atoms with van der Waals surface area (Å²) in [6, 6.07) is 4.94. The second-order valence-corrected chi connectivity index (χ2v) is 4.87. The standard InChI is InChI=1S/C12H10Cl2N4O2/c1-6(8-3-2-7(13)4-10(8)14)16-18-12(20)9-5-15-17-11(9)19/h2-5,9H,1H3,(H,17,19)(H,18,20)/b16-6+. The lowest BCUT2D eigenvalue weighted by Gasteiger charge is -2.06. The van der Waals surface area contributed by atoms with Crippen LogP contribution in [0.4, 0.5) is 0 Å². The third-order valence-corrected chi connectivity index (χ3v) is 3.17. The molecule has 2 amide bonds. The predicted molar refractivity (Wildman–Crippen MR) is 76.9 cm³/mol. The Hall–Kier alpha value is -1.92. The molecule has 2 N–H and O–H groups in total. The summed E-state index contributed by atoms with van der Waals surface area (Å²) in [7, 11) is 0. The minimum Gasteiger partial charge on any atom is -0.272 e. The van der Waals surface area contributed by atoms with Crippen molar-refractivity contribution in [2.45, 2.75) is 6.92 Å². The molecule has 1 unspecified atom stereocenters. The van der Waals surface area contributed by atoms with Gasteiger partial charge >= 0.3 is 0 Å². The van der Waals surface area contributed by atoms with Gasteiger partial charge in [0.15, 0.2) is 5.92 Å². The van der Waals surface area contributed by atoms with Crippen molar-refractivity contribution >= 4 is 46.9 Å². The Balaban J connectivity index is 2.09. The summed E-state index contributed by atoms with van der Waals surface area (Å²) < 4.78 is 0. The molecule has 1 aromatic carbocycles. The van der Waals surface area contributed by atoms with Crippen LogP contribution >= 0.6 is 23.2 Å². The average Bonchev–Trinajstić information content (AvgIpc) is 2.82. The SMILES string of the molecule is C/C(=N\NC(=O)C1C=NNC1=O)c1ccc(Cl)cc1Cl. The lowest BCUT2D eigenvalue weighted by Crippen LogP contribution is -2.34. The van der Waals surface area contributed by atoms with Gasteiger partial charge in [-0.1, -0.05) is 29.3 Å². The smallest absolute Gasteiger partial charge is 0.258 e. The Kier molecular flexibility index (Phi) is 4.36. The number of hydrogen-bond donors (Lipinski definition) is 2. The lowest BCUT2D eigenvalue weighted by atomic mass is 10.1. The lowest BCUT2D eigenvalue weighted by molar-refractivity contribution is -0.131. The predicted octanol–water partition coefficient (Wildman–Crippen LogP) is 1.57. The molecule has 0 radical (unpaired) electrons. The zero-order valence-corrected chi connectivity index (χ0v) is 11.9. The number of rotatable bonds is 3. The van der Waals surface area contributed by atoms with Gasteiger partial charge < -0.3 is 0 Å². The van der Waals surface area contributed by atoms with Crippen LogP contribution in [0.5, 0.6) is 0 Å². The van der Waals surface area contributed by atoms with E-state index in [4.69, 9.17) is 23.2 Å². The highest BCUT2D eigenvalue weighted by Gasteiger charge is 2.28. The van der Waals surface area contributed by atoms with Crippen molar-refractivity contribution < 1.29 is 9.59 Å². The second-order valence-electron chi connectivity index (χ2n) is 4.03. The fourth-order valence-corrected chi connectivity index (χ4v) is 2.10. The third-order valence-electron chi connectivity index (χ3n) is 2.62. The summed E-state index contributed by atoms with van der Waals surface area (Å²) in [5, 5.41) is 8.35. The fourth-order valence-electron chi connectivity index (χ4n) is 1.55. The molecule has 2 rings (SSSR count). The van der Waals surface area contributed by atoms with Crippen molar-refractivity contribution in [1.29, 1.82) is 0 Å². The number of benzene rings is 1. The zero-order chi connectivity index (χ0) is 14.7.